The Morgan fingerprint density at radius 3 is 2.58 bits per heavy atom. The number of hydrogen-bond acceptors (Lipinski definition) is 5. The predicted octanol–water partition coefficient (Wildman–Crippen LogP) is 3.35. The average molecular weight is 420 g/mol. The van der Waals surface area contributed by atoms with Crippen molar-refractivity contribution in [1.82, 2.24) is 20.2 Å². The molecule has 2 aromatic heterocycles. The summed E-state index contributed by atoms with van der Waals surface area (Å²) in [5, 5.41) is 3.44. The minimum absolute atomic E-state index is 0.163. The molecule has 1 aliphatic rings. The van der Waals surface area contributed by atoms with E-state index in [0.29, 0.717) is 17.3 Å². The molecule has 0 aliphatic carbocycles. The molecule has 6 nitrogen and oxygen atoms in total. The summed E-state index contributed by atoms with van der Waals surface area (Å²) in [6.07, 6.45) is 3.28. The van der Waals surface area contributed by atoms with Crippen molar-refractivity contribution >= 4 is 11.6 Å². The van der Waals surface area contributed by atoms with Gasteiger partial charge >= 0.3 is 0 Å². The maximum absolute atomic E-state index is 13.1. The fourth-order valence-corrected chi connectivity index (χ4v) is 3.72. The smallest absolute Gasteiger partial charge is 0.259 e. The Kier molecular flexibility index (Phi) is 6.34. The van der Waals surface area contributed by atoms with Gasteiger partial charge in [0.15, 0.2) is 0 Å². The number of benzene rings is 1. The summed E-state index contributed by atoms with van der Waals surface area (Å²) in [6.45, 7) is 5.99. The molecule has 1 N–H and O–H groups in total. The number of carbonyl (C=O) groups excluding carboxylic acids is 1. The second-order valence-corrected chi connectivity index (χ2v) is 7.90. The predicted molar refractivity (Wildman–Crippen MR) is 119 cm³/mol. The monoisotopic (exact) mass is 419 g/mol. The number of nitrogens with zero attached hydrogens (tertiary/aromatic N) is 4. The molecule has 31 heavy (non-hydrogen) atoms. The lowest BCUT2D eigenvalue weighted by atomic mass is 10.1. The molecule has 1 amide bonds. The van der Waals surface area contributed by atoms with Gasteiger partial charge in [0.1, 0.15) is 5.82 Å². The van der Waals surface area contributed by atoms with E-state index in [2.05, 4.69) is 27.1 Å². The zero-order chi connectivity index (χ0) is 21.8. The standard InChI is InChI=1S/C24H26FN5O/c1-17-15-30(12-11-26-17)16-21-8-9-22(14-27-21)29(2)24(31)19-5-10-23(28-13-19)18-3-6-20(25)7-4-18/h3-10,13-14,17,26H,11-12,15-16H2,1-2H3/t17-/m0/s1. The van der Waals surface area contributed by atoms with Crippen LogP contribution in [0.2, 0.25) is 0 Å². The first-order valence-corrected chi connectivity index (χ1v) is 10.4. The Morgan fingerprint density at radius 1 is 1.13 bits per heavy atom. The molecule has 0 unspecified atom stereocenters. The van der Waals surface area contributed by atoms with Crippen LogP contribution in [0, 0.1) is 5.82 Å². The molecular formula is C24H26FN5O. The molecule has 0 radical (unpaired) electrons. The SMILES string of the molecule is C[C@H]1CN(Cc2ccc(N(C)C(=O)c3ccc(-c4ccc(F)cc4)nc3)cn2)CCN1. The fourth-order valence-electron chi connectivity index (χ4n) is 3.72. The summed E-state index contributed by atoms with van der Waals surface area (Å²) in [5.74, 6) is -0.456. The Morgan fingerprint density at radius 2 is 1.94 bits per heavy atom. The summed E-state index contributed by atoms with van der Waals surface area (Å²) in [4.78, 5) is 25.7. The molecule has 3 heterocycles. The van der Waals surface area contributed by atoms with Gasteiger partial charge in [-0.15, -0.1) is 0 Å². The van der Waals surface area contributed by atoms with Gasteiger partial charge < -0.3 is 10.2 Å². The van der Waals surface area contributed by atoms with Crippen LogP contribution in [0.15, 0.2) is 60.9 Å². The molecule has 1 aromatic carbocycles. The molecular weight excluding hydrogens is 393 g/mol. The first-order chi connectivity index (χ1) is 15.0. The first kappa shape index (κ1) is 21.1. The van der Waals surface area contributed by atoms with Crippen LogP contribution in [0.3, 0.4) is 0 Å². The van der Waals surface area contributed by atoms with Crippen LogP contribution in [0.1, 0.15) is 23.0 Å². The third kappa shape index (κ3) is 5.13. The number of pyridine rings is 2. The lowest BCUT2D eigenvalue weighted by Gasteiger charge is -2.31. The largest absolute Gasteiger partial charge is 0.312 e. The summed E-state index contributed by atoms with van der Waals surface area (Å²) in [7, 11) is 1.73. The molecule has 1 aliphatic heterocycles. The van der Waals surface area contributed by atoms with Gasteiger partial charge in [-0.3, -0.25) is 19.7 Å². The highest BCUT2D eigenvalue weighted by atomic mass is 19.1. The van der Waals surface area contributed by atoms with E-state index in [-0.39, 0.29) is 11.7 Å². The van der Waals surface area contributed by atoms with Crippen molar-refractivity contribution in [3.8, 4) is 11.3 Å². The maximum Gasteiger partial charge on any atom is 0.259 e. The number of halogens is 1. The normalized spacial score (nSPS) is 16.8. The Bertz CT molecular complexity index is 1020. The topological polar surface area (TPSA) is 61.4 Å². The second kappa shape index (κ2) is 9.32. The van der Waals surface area contributed by atoms with Crippen LogP contribution in [0.25, 0.3) is 11.3 Å². The van der Waals surface area contributed by atoms with Gasteiger partial charge in [0.25, 0.3) is 5.91 Å². The molecule has 160 valence electrons. The zero-order valence-corrected chi connectivity index (χ0v) is 17.8. The maximum atomic E-state index is 13.1. The van der Waals surface area contributed by atoms with Crippen LogP contribution in [-0.2, 0) is 6.54 Å². The summed E-state index contributed by atoms with van der Waals surface area (Å²) in [6, 6.07) is 14.0. The number of aromatic nitrogens is 2. The third-order valence-electron chi connectivity index (χ3n) is 5.49. The van der Waals surface area contributed by atoms with Crippen molar-refractivity contribution < 1.29 is 9.18 Å². The van der Waals surface area contributed by atoms with Crippen molar-refractivity contribution in [2.24, 2.45) is 0 Å². The van der Waals surface area contributed by atoms with Gasteiger partial charge in [-0.25, -0.2) is 4.39 Å². The molecule has 0 bridgehead atoms. The van der Waals surface area contributed by atoms with Crippen LogP contribution < -0.4 is 10.2 Å². The van der Waals surface area contributed by atoms with E-state index >= 15 is 0 Å². The lowest BCUT2D eigenvalue weighted by molar-refractivity contribution is 0.0992. The molecule has 4 rings (SSSR count). The Hall–Kier alpha value is -3.16. The number of amides is 1. The highest BCUT2D eigenvalue weighted by Crippen LogP contribution is 2.20. The van der Waals surface area contributed by atoms with Crippen LogP contribution >= 0.6 is 0 Å². The van der Waals surface area contributed by atoms with Crippen LogP contribution in [-0.4, -0.2) is 53.5 Å². The molecule has 1 atom stereocenters. The van der Waals surface area contributed by atoms with Gasteiger partial charge in [0.05, 0.1) is 28.8 Å². The van der Waals surface area contributed by atoms with Crippen molar-refractivity contribution in [2.75, 3.05) is 31.6 Å². The third-order valence-corrected chi connectivity index (χ3v) is 5.49. The van der Waals surface area contributed by atoms with Crippen LogP contribution in [0.4, 0.5) is 10.1 Å². The van der Waals surface area contributed by atoms with E-state index in [4.69, 9.17) is 0 Å². The minimum atomic E-state index is -0.292. The fraction of sp³-hybridized carbons (Fsp3) is 0.292. The van der Waals surface area contributed by atoms with E-state index < -0.39 is 0 Å². The van der Waals surface area contributed by atoms with Gasteiger partial charge in [-0.1, -0.05) is 0 Å². The number of hydrogen-bond donors (Lipinski definition) is 1. The molecule has 7 heteroatoms. The molecule has 3 aromatic rings. The van der Waals surface area contributed by atoms with Gasteiger partial charge in [-0.2, -0.15) is 0 Å². The van der Waals surface area contributed by atoms with E-state index in [0.717, 1.165) is 43.1 Å². The van der Waals surface area contributed by atoms with E-state index in [9.17, 15) is 9.18 Å². The van der Waals surface area contributed by atoms with Crippen LogP contribution in [0.5, 0.6) is 0 Å². The van der Waals surface area contributed by atoms with Gasteiger partial charge in [0, 0.05) is 51.0 Å². The minimum Gasteiger partial charge on any atom is -0.312 e. The van der Waals surface area contributed by atoms with Crippen molar-refractivity contribution in [3.63, 3.8) is 0 Å². The lowest BCUT2D eigenvalue weighted by Crippen LogP contribution is -2.48. The number of carbonyl (C=O) groups is 1. The quantitative estimate of drug-likeness (QED) is 0.687. The summed E-state index contributed by atoms with van der Waals surface area (Å²) < 4.78 is 13.1. The summed E-state index contributed by atoms with van der Waals surface area (Å²) in [5.41, 5.74) is 3.68. The Labute approximate surface area is 181 Å². The van der Waals surface area contributed by atoms with E-state index in [1.807, 2.05) is 12.1 Å². The van der Waals surface area contributed by atoms with E-state index in [1.165, 1.54) is 12.1 Å². The zero-order valence-electron chi connectivity index (χ0n) is 17.8. The average Bonchev–Trinajstić information content (AvgIpc) is 2.79. The van der Waals surface area contributed by atoms with E-state index in [1.54, 1.807) is 48.6 Å². The highest BCUT2D eigenvalue weighted by Gasteiger charge is 2.17. The number of piperazine rings is 1. The Balaban J connectivity index is 1.41. The van der Waals surface area contributed by atoms with Gasteiger partial charge in [0.2, 0.25) is 0 Å². The second-order valence-electron chi connectivity index (χ2n) is 7.90. The number of nitrogens with one attached hydrogen (secondary N) is 1. The molecule has 0 spiro atoms. The molecule has 0 saturated carbocycles. The van der Waals surface area contributed by atoms with Gasteiger partial charge in [-0.05, 0) is 55.5 Å². The first-order valence-electron chi connectivity index (χ1n) is 10.4. The molecule has 1 saturated heterocycles. The summed E-state index contributed by atoms with van der Waals surface area (Å²) >= 11 is 0. The van der Waals surface area contributed by atoms with Crippen molar-refractivity contribution in [3.05, 3.63) is 78.0 Å². The number of rotatable bonds is 5. The molecule has 1 fully saturated rings. The van der Waals surface area contributed by atoms with Crippen molar-refractivity contribution in [1.29, 1.82) is 0 Å². The number of anilines is 1. The van der Waals surface area contributed by atoms with Crippen molar-refractivity contribution in [2.45, 2.75) is 19.5 Å². The highest BCUT2D eigenvalue weighted by molar-refractivity contribution is 6.05.